The van der Waals surface area contributed by atoms with Crippen LogP contribution in [0.1, 0.15) is 21.5 Å². The Morgan fingerprint density at radius 2 is 1.60 bits per heavy atom. The lowest BCUT2D eigenvalue weighted by molar-refractivity contribution is 0.0376. The predicted octanol–water partition coefficient (Wildman–Crippen LogP) is 1.56. The fourth-order valence-corrected chi connectivity index (χ4v) is 3.47. The molecule has 2 saturated heterocycles. The summed E-state index contributed by atoms with van der Waals surface area (Å²) in [4.78, 5) is 31.0. The molecule has 6 heteroatoms. The third kappa shape index (κ3) is 4.38. The van der Waals surface area contributed by atoms with Gasteiger partial charge in [-0.3, -0.25) is 9.69 Å². The number of urea groups is 1. The van der Waals surface area contributed by atoms with Crippen molar-refractivity contribution < 1.29 is 14.3 Å². The second kappa shape index (κ2) is 7.97. The summed E-state index contributed by atoms with van der Waals surface area (Å²) in [5, 5.41) is 0. The molecule has 0 aromatic heterocycles. The molecule has 2 aliphatic heterocycles. The molecule has 2 aliphatic rings. The van der Waals surface area contributed by atoms with E-state index < -0.39 is 0 Å². The first kappa shape index (κ1) is 17.9. The van der Waals surface area contributed by atoms with Gasteiger partial charge in [0, 0.05) is 44.8 Å². The highest BCUT2D eigenvalue weighted by molar-refractivity contribution is 5.99. The zero-order valence-electron chi connectivity index (χ0n) is 15.2. The fourth-order valence-electron chi connectivity index (χ4n) is 3.47. The quantitative estimate of drug-likeness (QED) is 0.780. The van der Waals surface area contributed by atoms with E-state index in [1.54, 1.807) is 0 Å². The molecule has 0 saturated carbocycles. The van der Waals surface area contributed by atoms with Gasteiger partial charge in [0.25, 0.3) is 0 Å². The number of piperazine rings is 1. The van der Waals surface area contributed by atoms with Crippen LogP contribution in [0.15, 0.2) is 18.2 Å². The molecule has 2 heterocycles. The molecule has 6 nitrogen and oxygen atoms in total. The van der Waals surface area contributed by atoms with Crippen LogP contribution in [0.25, 0.3) is 0 Å². The zero-order chi connectivity index (χ0) is 17.8. The maximum atomic E-state index is 12.6. The maximum Gasteiger partial charge on any atom is 0.320 e. The molecule has 2 amide bonds. The van der Waals surface area contributed by atoms with Crippen molar-refractivity contribution in [3.05, 3.63) is 34.9 Å². The molecule has 0 N–H and O–H groups in total. The van der Waals surface area contributed by atoms with Crippen molar-refractivity contribution in [2.45, 2.75) is 13.8 Å². The number of ketones is 1. The minimum atomic E-state index is 0.101. The number of nitrogens with zero attached hydrogens (tertiary/aromatic N) is 3. The van der Waals surface area contributed by atoms with E-state index in [1.165, 1.54) is 5.56 Å². The summed E-state index contributed by atoms with van der Waals surface area (Å²) < 4.78 is 5.30. The molecule has 3 rings (SSSR count). The van der Waals surface area contributed by atoms with Crippen LogP contribution in [-0.4, -0.2) is 85.5 Å². The lowest BCUT2D eigenvalue weighted by Gasteiger charge is -2.38. The predicted molar refractivity (Wildman–Crippen MR) is 96.0 cm³/mol. The van der Waals surface area contributed by atoms with E-state index in [0.29, 0.717) is 45.9 Å². The van der Waals surface area contributed by atoms with Crippen molar-refractivity contribution >= 4 is 11.8 Å². The Morgan fingerprint density at radius 1 is 0.960 bits per heavy atom. The summed E-state index contributed by atoms with van der Waals surface area (Å²) >= 11 is 0. The van der Waals surface area contributed by atoms with E-state index in [1.807, 2.05) is 41.8 Å². The summed E-state index contributed by atoms with van der Waals surface area (Å²) in [6.07, 6.45) is 0. The molecule has 0 radical (unpaired) electrons. The SMILES string of the molecule is Cc1ccc(C(=O)CN2CCN(C(=O)N3CCOCC3)CC2)c(C)c1. The van der Waals surface area contributed by atoms with Gasteiger partial charge in [0.15, 0.2) is 5.78 Å². The maximum absolute atomic E-state index is 12.6. The van der Waals surface area contributed by atoms with Gasteiger partial charge in [-0.15, -0.1) is 0 Å². The molecule has 1 aromatic carbocycles. The van der Waals surface area contributed by atoms with Crippen molar-refractivity contribution in [3.8, 4) is 0 Å². The van der Waals surface area contributed by atoms with E-state index in [2.05, 4.69) is 4.90 Å². The molecule has 0 atom stereocenters. The molecular weight excluding hydrogens is 318 g/mol. The number of aryl methyl sites for hydroxylation is 2. The number of morpholine rings is 1. The van der Waals surface area contributed by atoms with E-state index in [0.717, 1.165) is 24.2 Å². The number of Topliss-reactive ketones (excluding diaryl/α,β-unsaturated/α-hetero) is 1. The highest BCUT2D eigenvalue weighted by Gasteiger charge is 2.27. The zero-order valence-corrected chi connectivity index (χ0v) is 15.2. The average molecular weight is 345 g/mol. The normalized spacial score (nSPS) is 19.1. The van der Waals surface area contributed by atoms with Crippen molar-refractivity contribution in [2.75, 3.05) is 59.0 Å². The van der Waals surface area contributed by atoms with Crippen LogP contribution in [0.3, 0.4) is 0 Å². The van der Waals surface area contributed by atoms with Crippen LogP contribution in [0, 0.1) is 13.8 Å². The highest BCUT2D eigenvalue weighted by Crippen LogP contribution is 2.13. The Balaban J connectivity index is 1.50. The molecule has 0 spiro atoms. The van der Waals surface area contributed by atoms with Crippen LogP contribution in [0.5, 0.6) is 0 Å². The summed E-state index contributed by atoms with van der Waals surface area (Å²) in [5.74, 6) is 0.158. The van der Waals surface area contributed by atoms with E-state index in [4.69, 9.17) is 4.74 Å². The topological polar surface area (TPSA) is 53.1 Å². The van der Waals surface area contributed by atoms with Crippen molar-refractivity contribution in [1.82, 2.24) is 14.7 Å². The smallest absolute Gasteiger partial charge is 0.320 e. The van der Waals surface area contributed by atoms with Gasteiger partial charge in [0.1, 0.15) is 0 Å². The summed E-state index contributed by atoms with van der Waals surface area (Å²) in [7, 11) is 0. The second-order valence-electron chi connectivity index (χ2n) is 6.89. The largest absolute Gasteiger partial charge is 0.378 e. The molecule has 2 fully saturated rings. The first-order valence-corrected chi connectivity index (χ1v) is 8.99. The summed E-state index contributed by atoms with van der Waals surface area (Å²) in [5.41, 5.74) is 3.01. The van der Waals surface area contributed by atoms with Crippen molar-refractivity contribution in [2.24, 2.45) is 0 Å². The highest BCUT2D eigenvalue weighted by atomic mass is 16.5. The Labute approximate surface area is 149 Å². The van der Waals surface area contributed by atoms with Crippen LogP contribution in [0.2, 0.25) is 0 Å². The number of rotatable bonds is 3. The minimum Gasteiger partial charge on any atom is -0.378 e. The van der Waals surface area contributed by atoms with Crippen LogP contribution in [0.4, 0.5) is 4.79 Å². The molecule has 1 aromatic rings. The first-order chi connectivity index (χ1) is 12.0. The van der Waals surface area contributed by atoms with Gasteiger partial charge in [-0.2, -0.15) is 0 Å². The monoisotopic (exact) mass is 345 g/mol. The van der Waals surface area contributed by atoms with Crippen LogP contribution in [-0.2, 0) is 4.74 Å². The van der Waals surface area contributed by atoms with Gasteiger partial charge in [-0.1, -0.05) is 23.8 Å². The van der Waals surface area contributed by atoms with Gasteiger partial charge in [-0.05, 0) is 19.4 Å². The number of hydrogen-bond donors (Lipinski definition) is 0. The van der Waals surface area contributed by atoms with Gasteiger partial charge in [-0.25, -0.2) is 4.79 Å². The molecule has 136 valence electrons. The number of amides is 2. The first-order valence-electron chi connectivity index (χ1n) is 8.99. The van der Waals surface area contributed by atoms with Crippen LogP contribution < -0.4 is 0 Å². The number of carbonyl (C=O) groups excluding carboxylic acids is 2. The lowest BCUT2D eigenvalue weighted by atomic mass is 10.0. The van der Waals surface area contributed by atoms with Crippen molar-refractivity contribution in [3.63, 3.8) is 0 Å². The van der Waals surface area contributed by atoms with Gasteiger partial charge < -0.3 is 14.5 Å². The average Bonchev–Trinajstić information content (AvgIpc) is 2.62. The van der Waals surface area contributed by atoms with Gasteiger partial charge in [0.05, 0.1) is 19.8 Å². The second-order valence-corrected chi connectivity index (χ2v) is 6.89. The van der Waals surface area contributed by atoms with E-state index >= 15 is 0 Å². The third-order valence-electron chi connectivity index (χ3n) is 4.97. The summed E-state index contributed by atoms with van der Waals surface area (Å²) in [6, 6.07) is 6.06. The Kier molecular flexibility index (Phi) is 5.71. The van der Waals surface area contributed by atoms with Crippen LogP contribution >= 0.6 is 0 Å². The third-order valence-corrected chi connectivity index (χ3v) is 4.97. The summed E-state index contributed by atoms with van der Waals surface area (Å²) in [6.45, 7) is 9.86. The Bertz CT molecular complexity index is 633. The lowest BCUT2D eigenvalue weighted by Crippen LogP contribution is -2.55. The number of hydrogen-bond acceptors (Lipinski definition) is 4. The van der Waals surface area contributed by atoms with Crippen molar-refractivity contribution in [1.29, 1.82) is 0 Å². The number of ether oxygens (including phenoxy) is 1. The molecule has 0 aliphatic carbocycles. The Morgan fingerprint density at radius 3 is 2.24 bits per heavy atom. The van der Waals surface area contributed by atoms with Gasteiger partial charge in [0.2, 0.25) is 0 Å². The fraction of sp³-hybridized carbons (Fsp3) is 0.579. The molecular formula is C19H27N3O3. The molecule has 0 unspecified atom stereocenters. The number of carbonyl (C=O) groups is 2. The Hall–Kier alpha value is -1.92. The number of benzene rings is 1. The molecule has 0 bridgehead atoms. The standard InChI is InChI=1S/C19H27N3O3/c1-15-3-4-17(16(2)13-15)18(23)14-20-5-7-21(8-6-20)19(24)22-9-11-25-12-10-22/h3-4,13H,5-12,14H2,1-2H3. The van der Waals surface area contributed by atoms with E-state index in [-0.39, 0.29) is 11.8 Å². The van der Waals surface area contributed by atoms with Gasteiger partial charge >= 0.3 is 6.03 Å². The molecule has 25 heavy (non-hydrogen) atoms. The van der Waals surface area contributed by atoms with E-state index in [9.17, 15) is 9.59 Å². The minimum absolute atomic E-state index is 0.101.